The van der Waals surface area contributed by atoms with Gasteiger partial charge in [0.1, 0.15) is 5.76 Å². The van der Waals surface area contributed by atoms with Gasteiger partial charge in [0.25, 0.3) is 0 Å². The molecule has 0 fully saturated rings. The maximum absolute atomic E-state index is 4.83. The lowest BCUT2D eigenvalue weighted by molar-refractivity contribution is 0.534. The first kappa shape index (κ1) is 13.0. The molecule has 0 saturated carbocycles. The van der Waals surface area contributed by atoms with Crippen LogP contribution in [-0.2, 0) is 0 Å². The van der Waals surface area contributed by atoms with Crippen molar-refractivity contribution in [2.75, 3.05) is 0 Å². The van der Waals surface area contributed by atoms with Gasteiger partial charge >= 0.3 is 0 Å². The van der Waals surface area contributed by atoms with E-state index in [-0.39, 0.29) is 0 Å². The third kappa shape index (κ3) is 6.49. The number of hydrogen-bond acceptors (Lipinski definition) is 2. The van der Waals surface area contributed by atoms with E-state index >= 15 is 0 Å². The van der Waals surface area contributed by atoms with Crippen molar-refractivity contribution in [1.82, 2.24) is 0 Å². The molecule has 0 radical (unpaired) electrons. The number of rotatable bonds is 0. The van der Waals surface area contributed by atoms with Crippen LogP contribution in [0.5, 0.6) is 0 Å². The first-order valence-corrected chi connectivity index (χ1v) is 5.67. The van der Waals surface area contributed by atoms with Crippen LogP contribution >= 0.6 is 11.3 Å². The molecule has 0 aliphatic carbocycles. The Morgan fingerprint density at radius 2 is 1.79 bits per heavy atom. The van der Waals surface area contributed by atoms with Crippen LogP contribution in [0.3, 0.4) is 0 Å². The summed E-state index contributed by atoms with van der Waals surface area (Å²) in [5.41, 5.74) is 0. The average Bonchev–Trinajstić information content (AvgIpc) is 2.83. The summed E-state index contributed by atoms with van der Waals surface area (Å²) in [6.07, 6.45) is 1.66. The summed E-state index contributed by atoms with van der Waals surface area (Å²) in [6.45, 7) is 8.02. The second-order valence-electron chi connectivity index (χ2n) is 2.45. The Kier molecular flexibility index (Phi) is 7.95. The molecule has 0 unspecified atom stereocenters. The molecule has 0 saturated heterocycles. The molecule has 0 aliphatic rings. The summed E-state index contributed by atoms with van der Waals surface area (Å²) in [7, 11) is 0. The van der Waals surface area contributed by atoms with Crippen LogP contribution in [0.15, 0.2) is 40.3 Å². The molecule has 0 N–H and O–H groups in total. The van der Waals surface area contributed by atoms with Gasteiger partial charge in [-0.3, -0.25) is 0 Å². The quantitative estimate of drug-likeness (QED) is 0.616. The van der Waals surface area contributed by atoms with Crippen molar-refractivity contribution in [3.8, 4) is 0 Å². The van der Waals surface area contributed by atoms with E-state index in [9.17, 15) is 0 Å². The van der Waals surface area contributed by atoms with E-state index in [0.717, 1.165) is 5.76 Å². The minimum atomic E-state index is 0.968. The Balaban J connectivity index is 0.000000206. The van der Waals surface area contributed by atoms with Crippen LogP contribution in [0.1, 0.15) is 24.5 Å². The lowest BCUT2D eigenvalue weighted by atomic mass is 10.5. The SMILES string of the molecule is CC.Cc1ccco1.Cc1cccs1. The van der Waals surface area contributed by atoms with E-state index in [4.69, 9.17) is 4.42 Å². The summed E-state index contributed by atoms with van der Waals surface area (Å²) in [6, 6.07) is 7.94. The number of thiophene rings is 1. The Labute approximate surface area is 90.4 Å². The molecule has 2 heteroatoms. The van der Waals surface area contributed by atoms with Crippen LogP contribution < -0.4 is 0 Å². The van der Waals surface area contributed by atoms with Crippen LogP contribution in [-0.4, -0.2) is 0 Å². The molecule has 2 aromatic heterocycles. The smallest absolute Gasteiger partial charge is 0.100 e. The second kappa shape index (κ2) is 8.57. The van der Waals surface area contributed by atoms with Gasteiger partial charge in [-0.2, -0.15) is 0 Å². The standard InChI is InChI=1S/C5H6O.C5H6S.C2H6/c2*1-5-3-2-4-6-5;1-2/h2*2-4H,1H3;1-2H3. The van der Waals surface area contributed by atoms with Crippen LogP contribution in [0, 0.1) is 13.8 Å². The van der Waals surface area contributed by atoms with E-state index in [0.29, 0.717) is 0 Å². The predicted octanol–water partition coefficient (Wildman–Crippen LogP) is 4.67. The van der Waals surface area contributed by atoms with Gasteiger partial charge < -0.3 is 4.42 Å². The molecular formula is C12H18OS. The van der Waals surface area contributed by atoms with Crippen molar-refractivity contribution in [3.05, 3.63) is 46.5 Å². The predicted molar refractivity (Wildman–Crippen MR) is 63.8 cm³/mol. The first-order chi connectivity index (χ1) is 6.79. The molecule has 1 nitrogen and oxygen atoms in total. The van der Waals surface area contributed by atoms with Crippen molar-refractivity contribution in [2.24, 2.45) is 0 Å². The van der Waals surface area contributed by atoms with Crippen molar-refractivity contribution in [3.63, 3.8) is 0 Å². The van der Waals surface area contributed by atoms with Crippen molar-refractivity contribution in [1.29, 1.82) is 0 Å². The average molecular weight is 210 g/mol. The molecule has 14 heavy (non-hydrogen) atoms. The molecule has 2 rings (SSSR count). The van der Waals surface area contributed by atoms with E-state index in [1.807, 2.05) is 32.9 Å². The summed E-state index contributed by atoms with van der Waals surface area (Å²) >= 11 is 1.78. The highest BCUT2D eigenvalue weighted by Gasteiger charge is 1.76. The number of furan rings is 1. The molecule has 0 amide bonds. The highest BCUT2D eigenvalue weighted by atomic mass is 32.1. The van der Waals surface area contributed by atoms with Crippen LogP contribution in [0.4, 0.5) is 0 Å². The molecule has 0 bridgehead atoms. The molecular weight excluding hydrogens is 192 g/mol. The third-order valence-electron chi connectivity index (χ3n) is 1.33. The molecule has 0 aromatic carbocycles. The largest absolute Gasteiger partial charge is 0.470 e. The molecule has 0 aliphatic heterocycles. The van der Waals surface area contributed by atoms with Gasteiger partial charge in [-0.25, -0.2) is 0 Å². The Morgan fingerprint density at radius 3 is 1.93 bits per heavy atom. The zero-order valence-corrected chi connectivity index (χ0v) is 10.1. The third-order valence-corrected chi connectivity index (χ3v) is 2.13. The maximum Gasteiger partial charge on any atom is 0.100 e. The zero-order valence-electron chi connectivity index (χ0n) is 9.28. The molecule has 2 heterocycles. The minimum absolute atomic E-state index is 0.968. The van der Waals surface area contributed by atoms with Crippen molar-refractivity contribution in [2.45, 2.75) is 27.7 Å². The fourth-order valence-electron chi connectivity index (χ4n) is 0.721. The van der Waals surface area contributed by atoms with Gasteiger partial charge in [0, 0.05) is 4.88 Å². The van der Waals surface area contributed by atoms with Gasteiger partial charge in [0.2, 0.25) is 0 Å². The fourth-order valence-corrected chi connectivity index (χ4v) is 1.25. The summed E-state index contributed by atoms with van der Waals surface area (Å²) in [5.74, 6) is 0.968. The Bertz CT molecular complexity index is 250. The summed E-state index contributed by atoms with van der Waals surface area (Å²) in [4.78, 5) is 1.38. The van der Waals surface area contributed by atoms with Gasteiger partial charge in [0.05, 0.1) is 6.26 Å². The normalized spacial score (nSPS) is 8.00. The highest BCUT2D eigenvalue weighted by Crippen LogP contribution is 2.03. The minimum Gasteiger partial charge on any atom is -0.470 e. The lowest BCUT2D eigenvalue weighted by Crippen LogP contribution is -1.48. The van der Waals surface area contributed by atoms with Gasteiger partial charge in [-0.15, -0.1) is 11.3 Å². The van der Waals surface area contributed by atoms with Crippen molar-refractivity contribution >= 4 is 11.3 Å². The summed E-state index contributed by atoms with van der Waals surface area (Å²) < 4.78 is 4.83. The Hall–Kier alpha value is -1.02. The first-order valence-electron chi connectivity index (χ1n) is 4.79. The van der Waals surface area contributed by atoms with E-state index in [1.54, 1.807) is 17.6 Å². The van der Waals surface area contributed by atoms with Crippen LogP contribution in [0.25, 0.3) is 0 Å². The highest BCUT2D eigenvalue weighted by molar-refractivity contribution is 7.09. The molecule has 2 aromatic rings. The van der Waals surface area contributed by atoms with E-state index in [2.05, 4.69) is 24.4 Å². The summed E-state index contributed by atoms with van der Waals surface area (Å²) in [5, 5.41) is 2.08. The molecule has 0 spiro atoms. The zero-order chi connectivity index (χ0) is 10.8. The topological polar surface area (TPSA) is 13.1 Å². The van der Waals surface area contributed by atoms with Gasteiger partial charge in [-0.1, -0.05) is 19.9 Å². The van der Waals surface area contributed by atoms with E-state index < -0.39 is 0 Å². The number of aryl methyl sites for hydroxylation is 2. The number of hydrogen-bond donors (Lipinski definition) is 0. The molecule has 78 valence electrons. The Morgan fingerprint density at radius 1 is 1.07 bits per heavy atom. The monoisotopic (exact) mass is 210 g/mol. The van der Waals surface area contributed by atoms with Crippen LogP contribution in [0.2, 0.25) is 0 Å². The second-order valence-corrected chi connectivity index (χ2v) is 3.60. The lowest BCUT2D eigenvalue weighted by Gasteiger charge is -1.69. The van der Waals surface area contributed by atoms with E-state index in [1.165, 1.54) is 4.88 Å². The van der Waals surface area contributed by atoms with Crippen molar-refractivity contribution < 1.29 is 4.42 Å². The maximum atomic E-state index is 4.83. The molecule has 0 atom stereocenters. The fraction of sp³-hybridized carbons (Fsp3) is 0.333. The van der Waals surface area contributed by atoms with Gasteiger partial charge in [-0.05, 0) is 37.4 Å². The van der Waals surface area contributed by atoms with Gasteiger partial charge in [0.15, 0.2) is 0 Å².